The largest absolute Gasteiger partial charge is 0.471 e. The van der Waals surface area contributed by atoms with Crippen molar-refractivity contribution in [1.29, 1.82) is 0 Å². The summed E-state index contributed by atoms with van der Waals surface area (Å²) in [5, 5.41) is 0. The molecule has 0 bridgehead atoms. The van der Waals surface area contributed by atoms with Crippen molar-refractivity contribution in [2.45, 2.75) is 38.6 Å². The van der Waals surface area contributed by atoms with Crippen molar-refractivity contribution in [3.05, 3.63) is 0 Å². The van der Waals surface area contributed by atoms with Gasteiger partial charge in [0.1, 0.15) is 0 Å². The molecule has 0 radical (unpaired) electrons. The Morgan fingerprint density at radius 1 is 1.50 bits per heavy atom. The molecule has 2 N–H and O–H groups in total. The lowest BCUT2D eigenvalue weighted by molar-refractivity contribution is -0.149. The molecule has 0 aliphatic carbocycles. The molecule has 0 unspecified atom stereocenters. The Morgan fingerprint density at radius 3 is 2.67 bits per heavy atom. The van der Waals surface area contributed by atoms with Crippen molar-refractivity contribution >= 4 is 7.82 Å². The number of phosphoric ester groups is 1. The van der Waals surface area contributed by atoms with Gasteiger partial charge in [0.25, 0.3) is 0 Å². The third-order valence-corrected chi connectivity index (χ3v) is 2.20. The summed E-state index contributed by atoms with van der Waals surface area (Å²) in [4.78, 5) is 16.9. The smallest absolute Gasteiger partial charge is 0.349 e. The first-order valence-electron chi connectivity index (χ1n) is 3.87. The van der Waals surface area contributed by atoms with E-state index < -0.39 is 14.1 Å². The van der Waals surface area contributed by atoms with Gasteiger partial charge >= 0.3 is 7.82 Å². The van der Waals surface area contributed by atoms with Crippen LogP contribution in [0, 0.1) is 0 Å². The van der Waals surface area contributed by atoms with Crippen LogP contribution in [-0.4, -0.2) is 22.2 Å². The third kappa shape index (κ3) is 3.65. The maximum atomic E-state index is 10.4. The summed E-state index contributed by atoms with van der Waals surface area (Å²) in [5.74, 6) is 0. The van der Waals surface area contributed by atoms with Crippen molar-refractivity contribution in [2.24, 2.45) is 0 Å². The van der Waals surface area contributed by atoms with E-state index in [0.29, 0.717) is 6.42 Å². The van der Waals surface area contributed by atoms with Gasteiger partial charge < -0.3 is 14.5 Å². The molecule has 0 aromatic heterocycles. The van der Waals surface area contributed by atoms with Crippen LogP contribution >= 0.6 is 7.82 Å². The van der Waals surface area contributed by atoms with Gasteiger partial charge in [0.15, 0.2) is 6.29 Å². The van der Waals surface area contributed by atoms with Crippen molar-refractivity contribution < 1.29 is 23.6 Å². The Hall–Kier alpha value is 0.0700. The summed E-state index contributed by atoms with van der Waals surface area (Å²) in [6, 6.07) is 0. The summed E-state index contributed by atoms with van der Waals surface area (Å²) in [6.45, 7) is 1.86. The van der Waals surface area contributed by atoms with Crippen molar-refractivity contribution in [1.82, 2.24) is 0 Å². The van der Waals surface area contributed by atoms with E-state index in [0.717, 1.165) is 12.8 Å². The normalized spacial score (nSPS) is 31.9. The summed E-state index contributed by atoms with van der Waals surface area (Å²) >= 11 is 0. The Labute approximate surface area is 70.9 Å². The molecule has 0 saturated carbocycles. The van der Waals surface area contributed by atoms with Crippen LogP contribution in [0.1, 0.15) is 26.2 Å². The lowest BCUT2D eigenvalue weighted by Gasteiger charge is -2.27. The molecule has 12 heavy (non-hydrogen) atoms. The maximum absolute atomic E-state index is 10.4. The fourth-order valence-corrected chi connectivity index (χ4v) is 1.66. The Balaban J connectivity index is 2.37. The molecule has 1 aliphatic heterocycles. The highest BCUT2D eigenvalue weighted by atomic mass is 31.2. The van der Waals surface area contributed by atoms with E-state index in [1.807, 2.05) is 6.92 Å². The topological polar surface area (TPSA) is 76.0 Å². The van der Waals surface area contributed by atoms with E-state index in [1.165, 1.54) is 0 Å². The van der Waals surface area contributed by atoms with Crippen LogP contribution in [0.4, 0.5) is 0 Å². The molecule has 1 heterocycles. The van der Waals surface area contributed by atoms with E-state index in [1.54, 1.807) is 0 Å². The number of rotatable bonds is 2. The van der Waals surface area contributed by atoms with E-state index in [4.69, 9.17) is 14.5 Å². The highest BCUT2D eigenvalue weighted by Gasteiger charge is 2.26. The Morgan fingerprint density at radius 2 is 2.17 bits per heavy atom. The summed E-state index contributed by atoms with van der Waals surface area (Å²) < 4.78 is 19.9. The van der Waals surface area contributed by atoms with Crippen molar-refractivity contribution in [2.75, 3.05) is 0 Å². The maximum Gasteiger partial charge on any atom is 0.471 e. The number of ether oxygens (including phenoxy) is 1. The summed E-state index contributed by atoms with van der Waals surface area (Å²) in [6.07, 6.45) is 1.63. The highest BCUT2D eigenvalue weighted by molar-refractivity contribution is 7.46. The van der Waals surface area contributed by atoms with E-state index >= 15 is 0 Å². The minimum Gasteiger partial charge on any atom is -0.349 e. The molecule has 1 fully saturated rings. The standard InChI is InChI=1S/C6H13O5P/c1-5-3-2-4-6(10-5)11-12(7,8)9/h5-6H,2-4H2,1H3,(H2,7,8,9)/t5-,6-/m1/s1. The average Bonchev–Trinajstić information content (AvgIpc) is 1.82. The second kappa shape index (κ2) is 3.85. The highest BCUT2D eigenvalue weighted by Crippen LogP contribution is 2.40. The molecular weight excluding hydrogens is 183 g/mol. The van der Waals surface area contributed by atoms with Crippen LogP contribution < -0.4 is 0 Å². The molecule has 1 saturated heterocycles. The Bertz CT molecular complexity index is 188. The van der Waals surface area contributed by atoms with Crippen LogP contribution in [0.2, 0.25) is 0 Å². The summed E-state index contributed by atoms with van der Waals surface area (Å²) in [7, 11) is -4.39. The van der Waals surface area contributed by atoms with Gasteiger partial charge in [0.2, 0.25) is 0 Å². The number of phosphoric acid groups is 1. The minimum absolute atomic E-state index is 0.0234. The zero-order valence-electron chi connectivity index (χ0n) is 6.84. The molecular formula is C6H13O5P. The fourth-order valence-electron chi connectivity index (χ4n) is 1.20. The monoisotopic (exact) mass is 196 g/mol. The molecule has 0 spiro atoms. The van der Waals surface area contributed by atoms with Gasteiger partial charge in [-0.2, -0.15) is 0 Å². The van der Waals surface area contributed by atoms with Crippen LogP contribution in [0.3, 0.4) is 0 Å². The lowest BCUT2D eigenvalue weighted by Crippen LogP contribution is -2.26. The molecule has 2 atom stereocenters. The molecule has 0 aromatic rings. The zero-order chi connectivity index (χ0) is 9.19. The first kappa shape index (κ1) is 10.2. The van der Waals surface area contributed by atoms with Gasteiger partial charge in [0, 0.05) is 0 Å². The predicted molar refractivity (Wildman–Crippen MR) is 41.3 cm³/mol. The van der Waals surface area contributed by atoms with Crippen LogP contribution in [-0.2, 0) is 13.8 Å². The van der Waals surface area contributed by atoms with E-state index in [9.17, 15) is 4.57 Å². The molecule has 0 aromatic carbocycles. The Kier molecular flexibility index (Phi) is 3.26. The SMILES string of the molecule is C[C@@H]1CCC[C@@H](OP(=O)(O)O)O1. The molecule has 72 valence electrons. The van der Waals surface area contributed by atoms with Gasteiger partial charge in [-0.25, -0.2) is 4.57 Å². The van der Waals surface area contributed by atoms with Crippen LogP contribution in [0.5, 0.6) is 0 Å². The second-order valence-corrected chi connectivity index (χ2v) is 4.10. The fraction of sp³-hybridized carbons (Fsp3) is 1.00. The summed E-state index contributed by atoms with van der Waals surface area (Å²) in [5.41, 5.74) is 0. The van der Waals surface area contributed by atoms with Gasteiger partial charge in [0.05, 0.1) is 6.10 Å². The van der Waals surface area contributed by atoms with Gasteiger partial charge in [-0.05, 0) is 26.2 Å². The molecule has 5 nitrogen and oxygen atoms in total. The first-order valence-corrected chi connectivity index (χ1v) is 5.40. The first-order chi connectivity index (χ1) is 5.47. The molecule has 6 heteroatoms. The number of hydrogen-bond acceptors (Lipinski definition) is 3. The average molecular weight is 196 g/mol. The number of hydrogen-bond donors (Lipinski definition) is 2. The van der Waals surface area contributed by atoms with Crippen LogP contribution in [0.25, 0.3) is 0 Å². The van der Waals surface area contributed by atoms with E-state index in [-0.39, 0.29) is 6.10 Å². The molecule has 0 amide bonds. The van der Waals surface area contributed by atoms with Gasteiger partial charge in [-0.15, -0.1) is 0 Å². The minimum atomic E-state index is -4.39. The second-order valence-electron chi connectivity index (χ2n) is 2.90. The zero-order valence-corrected chi connectivity index (χ0v) is 7.74. The van der Waals surface area contributed by atoms with Gasteiger partial charge in [-0.1, -0.05) is 0 Å². The van der Waals surface area contributed by atoms with Gasteiger partial charge in [-0.3, -0.25) is 4.52 Å². The lowest BCUT2D eigenvalue weighted by atomic mass is 10.1. The predicted octanol–water partition coefficient (Wildman–Crippen LogP) is 1.01. The van der Waals surface area contributed by atoms with Crippen LogP contribution in [0.15, 0.2) is 0 Å². The van der Waals surface area contributed by atoms with E-state index in [2.05, 4.69) is 4.52 Å². The quantitative estimate of drug-likeness (QED) is 0.644. The molecule has 1 aliphatic rings. The molecule has 1 rings (SSSR count). The van der Waals surface area contributed by atoms with Crippen molar-refractivity contribution in [3.63, 3.8) is 0 Å². The van der Waals surface area contributed by atoms with Crippen molar-refractivity contribution in [3.8, 4) is 0 Å². The third-order valence-electron chi connectivity index (χ3n) is 1.69.